The predicted octanol–water partition coefficient (Wildman–Crippen LogP) is 2.79. The molecule has 142 valence electrons. The SMILES string of the molecule is CCn1nc(C)cc1C(=O)N1CCN(c2nc3c(OC)cccc3s2)CC1. The van der Waals surface area contributed by atoms with E-state index in [2.05, 4.69) is 16.1 Å². The molecule has 0 bridgehead atoms. The molecule has 0 radical (unpaired) electrons. The van der Waals surface area contributed by atoms with E-state index in [1.165, 1.54) is 0 Å². The van der Waals surface area contributed by atoms with E-state index in [1.807, 2.05) is 36.9 Å². The van der Waals surface area contributed by atoms with Crippen molar-refractivity contribution < 1.29 is 9.53 Å². The molecule has 1 amide bonds. The van der Waals surface area contributed by atoms with Crippen molar-refractivity contribution in [2.24, 2.45) is 0 Å². The number of fused-ring (bicyclic) bond motifs is 1. The number of ether oxygens (including phenoxy) is 1. The van der Waals surface area contributed by atoms with Gasteiger partial charge in [0.25, 0.3) is 5.91 Å². The van der Waals surface area contributed by atoms with Crippen molar-refractivity contribution in [3.63, 3.8) is 0 Å². The van der Waals surface area contributed by atoms with Crippen LogP contribution in [-0.4, -0.2) is 58.9 Å². The van der Waals surface area contributed by atoms with Gasteiger partial charge in [0, 0.05) is 32.7 Å². The van der Waals surface area contributed by atoms with Gasteiger partial charge >= 0.3 is 0 Å². The van der Waals surface area contributed by atoms with Gasteiger partial charge in [-0.1, -0.05) is 17.4 Å². The number of para-hydroxylation sites is 1. The number of carbonyl (C=O) groups is 1. The summed E-state index contributed by atoms with van der Waals surface area (Å²) >= 11 is 1.67. The summed E-state index contributed by atoms with van der Waals surface area (Å²) in [4.78, 5) is 21.8. The number of benzene rings is 1. The Kier molecular flexibility index (Phi) is 4.73. The zero-order valence-corrected chi connectivity index (χ0v) is 16.6. The summed E-state index contributed by atoms with van der Waals surface area (Å²) in [5.41, 5.74) is 2.45. The lowest BCUT2D eigenvalue weighted by atomic mass is 10.2. The van der Waals surface area contributed by atoms with Gasteiger partial charge in [0.15, 0.2) is 5.13 Å². The second-order valence-corrected chi connectivity index (χ2v) is 7.58. The molecule has 27 heavy (non-hydrogen) atoms. The summed E-state index contributed by atoms with van der Waals surface area (Å²) in [5.74, 6) is 0.857. The number of methoxy groups -OCH3 is 1. The molecule has 0 aliphatic carbocycles. The van der Waals surface area contributed by atoms with Gasteiger partial charge in [0.2, 0.25) is 0 Å². The normalized spacial score (nSPS) is 14.8. The standard InChI is InChI=1S/C19H23N5O2S/c1-4-24-14(12-13(2)21-24)18(25)22-8-10-23(11-9-22)19-20-17-15(26-3)6-5-7-16(17)27-19/h5-7,12H,4,8-11H2,1-3H3. The van der Waals surface area contributed by atoms with Crippen molar-refractivity contribution in [3.05, 3.63) is 35.7 Å². The van der Waals surface area contributed by atoms with Gasteiger partial charge < -0.3 is 14.5 Å². The second kappa shape index (κ2) is 7.19. The van der Waals surface area contributed by atoms with Gasteiger partial charge in [-0.3, -0.25) is 9.48 Å². The number of hydrogen-bond acceptors (Lipinski definition) is 6. The van der Waals surface area contributed by atoms with E-state index in [1.54, 1.807) is 23.1 Å². The first kappa shape index (κ1) is 17.8. The maximum Gasteiger partial charge on any atom is 0.272 e. The number of amides is 1. The highest BCUT2D eigenvalue weighted by Gasteiger charge is 2.26. The quantitative estimate of drug-likeness (QED) is 0.691. The van der Waals surface area contributed by atoms with Gasteiger partial charge in [-0.2, -0.15) is 5.10 Å². The molecule has 1 aromatic carbocycles. The average Bonchev–Trinajstić information content (AvgIpc) is 3.30. The van der Waals surface area contributed by atoms with E-state index < -0.39 is 0 Å². The van der Waals surface area contributed by atoms with Crippen LogP contribution in [0.15, 0.2) is 24.3 Å². The number of carbonyl (C=O) groups excluding carboxylic acids is 1. The van der Waals surface area contributed by atoms with E-state index in [0.717, 1.165) is 39.9 Å². The van der Waals surface area contributed by atoms with E-state index in [-0.39, 0.29) is 5.91 Å². The van der Waals surface area contributed by atoms with Crippen LogP contribution in [0, 0.1) is 6.92 Å². The molecule has 4 rings (SSSR count). The highest BCUT2D eigenvalue weighted by atomic mass is 32.1. The van der Waals surface area contributed by atoms with Crippen LogP contribution >= 0.6 is 11.3 Å². The van der Waals surface area contributed by atoms with E-state index >= 15 is 0 Å². The molecule has 0 unspecified atom stereocenters. The Morgan fingerprint density at radius 1 is 1.26 bits per heavy atom. The molecule has 0 saturated carbocycles. The van der Waals surface area contributed by atoms with Crippen molar-refractivity contribution in [1.82, 2.24) is 19.7 Å². The monoisotopic (exact) mass is 385 g/mol. The molecule has 0 atom stereocenters. The molecule has 7 nitrogen and oxygen atoms in total. The highest BCUT2D eigenvalue weighted by Crippen LogP contribution is 2.34. The summed E-state index contributed by atoms with van der Waals surface area (Å²) in [7, 11) is 1.67. The van der Waals surface area contributed by atoms with Crippen LogP contribution in [0.3, 0.4) is 0 Å². The first-order chi connectivity index (χ1) is 13.1. The minimum Gasteiger partial charge on any atom is -0.494 e. The van der Waals surface area contributed by atoms with Crippen LogP contribution in [0.1, 0.15) is 23.1 Å². The Bertz CT molecular complexity index is 972. The number of anilines is 1. The van der Waals surface area contributed by atoms with Crippen molar-refractivity contribution in [2.75, 3.05) is 38.2 Å². The summed E-state index contributed by atoms with van der Waals surface area (Å²) in [6, 6.07) is 7.85. The zero-order chi connectivity index (χ0) is 19.0. The lowest BCUT2D eigenvalue weighted by molar-refractivity contribution is 0.0734. The van der Waals surface area contributed by atoms with Crippen molar-refractivity contribution in [1.29, 1.82) is 0 Å². The smallest absolute Gasteiger partial charge is 0.272 e. The lowest BCUT2D eigenvalue weighted by Crippen LogP contribution is -2.49. The second-order valence-electron chi connectivity index (χ2n) is 6.57. The van der Waals surface area contributed by atoms with Crippen molar-refractivity contribution in [2.45, 2.75) is 20.4 Å². The molecule has 1 fully saturated rings. The topological polar surface area (TPSA) is 63.5 Å². The Morgan fingerprint density at radius 2 is 2.04 bits per heavy atom. The first-order valence-electron chi connectivity index (χ1n) is 9.13. The fourth-order valence-corrected chi connectivity index (χ4v) is 4.47. The van der Waals surface area contributed by atoms with Crippen molar-refractivity contribution >= 4 is 32.6 Å². The molecule has 0 N–H and O–H groups in total. The number of piperazine rings is 1. The van der Waals surface area contributed by atoms with Crippen LogP contribution in [0.5, 0.6) is 5.75 Å². The number of aryl methyl sites for hydroxylation is 2. The molecule has 1 saturated heterocycles. The van der Waals surface area contributed by atoms with Crippen LogP contribution < -0.4 is 9.64 Å². The number of thiazole rings is 1. The summed E-state index contributed by atoms with van der Waals surface area (Å²) < 4.78 is 8.31. The largest absolute Gasteiger partial charge is 0.494 e. The van der Waals surface area contributed by atoms with Gasteiger partial charge in [-0.05, 0) is 32.0 Å². The third-order valence-electron chi connectivity index (χ3n) is 4.85. The predicted molar refractivity (Wildman–Crippen MR) is 107 cm³/mol. The van der Waals surface area contributed by atoms with Crippen LogP contribution in [-0.2, 0) is 6.54 Å². The minimum atomic E-state index is 0.0584. The van der Waals surface area contributed by atoms with Crippen LogP contribution in [0.4, 0.5) is 5.13 Å². The molecular weight excluding hydrogens is 362 g/mol. The molecule has 2 aromatic heterocycles. The fraction of sp³-hybridized carbons (Fsp3) is 0.421. The van der Waals surface area contributed by atoms with Gasteiger partial charge in [-0.25, -0.2) is 4.98 Å². The summed E-state index contributed by atoms with van der Waals surface area (Å²) in [5, 5.41) is 5.37. The Labute approximate surface area is 162 Å². The molecule has 1 aliphatic rings. The number of nitrogens with zero attached hydrogens (tertiary/aromatic N) is 5. The average molecular weight is 385 g/mol. The first-order valence-corrected chi connectivity index (χ1v) is 9.94. The van der Waals surface area contributed by atoms with E-state index in [9.17, 15) is 4.79 Å². The number of aromatic nitrogens is 3. The van der Waals surface area contributed by atoms with E-state index in [4.69, 9.17) is 9.72 Å². The highest BCUT2D eigenvalue weighted by molar-refractivity contribution is 7.22. The fourth-order valence-electron chi connectivity index (χ4n) is 3.43. The zero-order valence-electron chi connectivity index (χ0n) is 15.8. The maximum absolute atomic E-state index is 12.9. The Morgan fingerprint density at radius 3 is 2.74 bits per heavy atom. The third-order valence-corrected chi connectivity index (χ3v) is 5.93. The van der Waals surface area contributed by atoms with Gasteiger partial charge in [0.05, 0.1) is 17.5 Å². The number of rotatable bonds is 4. The Balaban J connectivity index is 1.48. The van der Waals surface area contributed by atoms with E-state index in [0.29, 0.717) is 25.3 Å². The van der Waals surface area contributed by atoms with Gasteiger partial charge in [-0.15, -0.1) is 0 Å². The Hall–Kier alpha value is -2.61. The van der Waals surface area contributed by atoms with Crippen molar-refractivity contribution in [3.8, 4) is 5.75 Å². The van der Waals surface area contributed by atoms with Crippen LogP contribution in [0.25, 0.3) is 10.2 Å². The lowest BCUT2D eigenvalue weighted by Gasteiger charge is -2.34. The molecule has 3 heterocycles. The summed E-state index contributed by atoms with van der Waals surface area (Å²) in [6.07, 6.45) is 0. The molecule has 1 aliphatic heterocycles. The molecular formula is C19H23N5O2S. The molecule has 8 heteroatoms. The van der Waals surface area contributed by atoms with Gasteiger partial charge in [0.1, 0.15) is 17.0 Å². The summed E-state index contributed by atoms with van der Waals surface area (Å²) in [6.45, 7) is 7.52. The minimum absolute atomic E-state index is 0.0584. The molecule has 0 spiro atoms. The van der Waals surface area contributed by atoms with Crippen LogP contribution in [0.2, 0.25) is 0 Å². The maximum atomic E-state index is 12.9. The molecule has 3 aromatic rings. The number of hydrogen-bond donors (Lipinski definition) is 0. The third kappa shape index (κ3) is 3.25.